The molecule has 1 heterocycles. The number of aliphatic imine (C=N–C) groups is 1. The molecule has 0 saturated carbocycles. The average Bonchev–Trinajstić information content (AvgIpc) is 2.51. The number of rotatable bonds is 3. The molecule has 4 nitrogen and oxygen atoms in total. The highest BCUT2D eigenvalue weighted by Gasteiger charge is 2.09. The maximum absolute atomic E-state index is 5.24. The number of hydrogen-bond donors (Lipinski definition) is 3. The van der Waals surface area contributed by atoms with E-state index in [1.807, 2.05) is 5.38 Å². The Kier molecular flexibility index (Phi) is 3.36. The Morgan fingerprint density at radius 3 is 2.92 bits per heavy atom. The lowest BCUT2D eigenvalue weighted by Crippen LogP contribution is -2.24. The van der Waals surface area contributed by atoms with Gasteiger partial charge in [0, 0.05) is 11.1 Å². The molecule has 1 atom stereocenters. The molecule has 1 aromatic heterocycles. The summed E-state index contributed by atoms with van der Waals surface area (Å²) in [6.45, 7) is 0. The molecule has 0 fully saturated rings. The van der Waals surface area contributed by atoms with E-state index in [2.05, 4.69) is 22.6 Å². The zero-order valence-electron chi connectivity index (χ0n) is 6.34. The van der Waals surface area contributed by atoms with E-state index >= 15 is 0 Å². The van der Waals surface area contributed by atoms with Crippen LogP contribution in [-0.4, -0.2) is 16.7 Å². The fourth-order valence-electron chi connectivity index (χ4n) is 0.767. The molecule has 66 valence electrons. The first-order chi connectivity index (χ1) is 5.74. The Balaban J connectivity index is 2.77. The summed E-state index contributed by atoms with van der Waals surface area (Å²) >= 11 is 5.64. The Bertz CT molecular complexity index is 253. The number of hydrogen-bond acceptors (Lipinski definition) is 4. The van der Waals surface area contributed by atoms with Gasteiger partial charge in [0.05, 0.1) is 11.2 Å². The summed E-state index contributed by atoms with van der Waals surface area (Å²) in [6, 6.07) is -0.121. The molecule has 1 unspecified atom stereocenters. The van der Waals surface area contributed by atoms with Crippen molar-refractivity contribution in [2.45, 2.75) is 6.04 Å². The van der Waals surface area contributed by atoms with Gasteiger partial charge in [-0.1, -0.05) is 0 Å². The van der Waals surface area contributed by atoms with E-state index < -0.39 is 0 Å². The van der Waals surface area contributed by atoms with E-state index in [4.69, 9.17) is 11.5 Å². The highest BCUT2D eigenvalue weighted by atomic mass is 32.1. The van der Waals surface area contributed by atoms with Crippen molar-refractivity contribution in [1.29, 1.82) is 0 Å². The van der Waals surface area contributed by atoms with Crippen LogP contribution in [0.3, 0.4) is 0 Å². The first kappa shape index (κ1) is 9.34. The number of nitrogens with two attached hydrogens (primary N) is 2. The Hall–Kier alpha value is -0.750. The summed E-state index contributed by atoms with van der Waals surface area (Å²) in [4.78, 5) is 8.07. The van der Waals surface area contributed by atoms with Crippen LogP contribution in [-0.2, 0) is 0 Å². The molecular formula is C6H10N4S2. The molecule has 0 aliphatic rings. The molecule has 0 spiro atoms. The molecule has 0 bridgehead atoms. The SMILES string of the molecule is NC(N)=NC(CS)c1cscn1. The van der Waals surface area contributed by atoms with Crippen molar-refractivity contribution < 1.29 is 0 Å². The third-order valence-corrected chi connectivity index (χ3v) is 2.22. The predicted molar refractivity (Wildman–Crippen MR) is 54.5 cm³/mol. The van der Waals surface area contributed by atoms with Gasteiger partial charge < -0.3 is 11.5 Å². The number of thiol groups is 1. The fourth-order valence-corrected chi connectivity index (χ4v) is 1.64. The second-order valence-corrected chi connectivity index (χ2v) is 3.25. The molecule has 1 aromatic rings. The van der Waals surface area contributed by atoms with E-state index in [1.165, 1.54) is 11.3 Å². The van der Waals surface area contributed by atoms with Crippen LogP contribution in [0.5, 0.6) is 0 Å². The van der Waals surface area contributed by atoms with Gasteiger partial charge in [-0.2, -0.15) is 12.6 Å². The third-order valence-electron chi connectivity index (χ3n) is 1.27. The second-order valence-electron chi connectivity index (χ2n) is 2.17. The van der Waals surface area contributed by atoms with E-state index in [0.717, 1.165) is 5.69 Å². The molecule has 0 amide bonds. The lowest BCUT2D eigenvalue weighted by Gasteiger charge is -2.05. The van der Waals surface area contributed by atoms with Gasteiger partial charge >= 0.3 is 0 Å². The molecule has 12 heavy (non-hydrogen) atoms. The monoisotopic (exact) mass is 202 g/mol. The van der Waals surface area contributed by atoms with Crippen molar-refractivity contribution in [1.82, 2.24) is 4.98 Å². The van der Waals surface area contributed by atoms with Crippen molar-refractivity contribution >= 4 is 29.9 Å². The van der Waals surface area contributed by atoms with Crippen LogP contribution in [0, 0.1) is 0 Å². The summed E-state index contributed by atoms with van der Waals surface area (Å²) in [5, 5.41) is 1.91. The van der Waals surface area contributed by atoms with Crippen LogP contribution in [0.2, 0.25) is 0 Å². The third kappa shape index (κ3) is 2.38. The summed E-state index contributed by atoms with van der Waals surface area (Å²) in [5.41, 5.74) is 13.1. The zero-order valence-corrected chi connectivity index (χ0v) is 8.05. The number of guanidine groups is 1. The van der Waals surface area contributed by atoms with E-state index in [1.54, 1.807) is 5.51 Å². The molecule has 0 aliphatic carbocycles. The van der Waals surface area contributed by atoms with E-state index in [-0.39, 0.29) is 12.0 Å². The molecule has 0 aliphatic heterocycles. The standard InChI is InChI=1S/C6H10N4S2/c7-6(8)10-4(1-11)5-2-12-3-9-5/h2-4,11H,1H2,(H4,7,8,10). The highest BCUT2D eigenvalue weighted by Crippen LogP contribution is 2.17. The molecule has 6 heteroatoms. The minimum atomic E-state index is -0.121. The highest BCUT2D eigenvalue weighted by molar-refractivity contribution is 7.80. The van der Waals surface area contributed by atoms with Crippen LogP contribution >= 0.6 is 24.0 Å². The minimum absolute atomic E-state index is 0.0713. The summed E-state index contributed by atoms with van der Waals surface area (Å²) in [7, 11) is 0. The van der Waals surface area contributed by atoms with Crippen LogP contribution < -0.4 is 11.5 Å². The van der Waals surface area contributed by atoms with Crippen LogP contribution in [0.25, 0.3) is 0 Å². The Morgan fingerprint density at radius 2 is 2.50 bits per heavy atom. The molecule has 1 rings (SSSR count). The van der Waals surface area contributed by atoms with Gasteiger partial charge in [0.15, 0.2) is 5.96 Å². The molecule has 0 radical (unpaired) electrons. The molecule has 0 saturated heterocycles. The smallest absolute Gasteiger partial charge is 0.186 e. The lowest BCUT2D eigenvalue weighted by atomic mass is 10.3. The molecule has 4 N–H and O–H groups in total. The van der Waals surface area contributed by atoms with Crippen molar-refractivity contribution in [2.75, 3.05) is 5.75 Å². The lowest BCUT2D eigenvalue weighted by molar-refractivity contribution is 0.802. The average molecular weight is 202 g/mol. The second kappa shape index (κ2) is 4.32. The van der Waals surface area contributed by atoms with Crippen LogP contribution in [0.15, 0.2) is 15.9 Å². The predicted octanol–water partition coefficient (Wildman–Crippen LogP) is 0.387. The van der Waals surface area contributed by atoms with Crippen molar-refractivity contribution in [3.63, 3.8) is 0 Å². The normalized spacial score (nSPS) is 12.4. The first-order valence-corrected chi connectivity index (χ1v) is 4.89. The number of aromatic nitrogens is 1. The fraction of sp³-hybridized carbons (Fsp3) is 0.333. The zero-order chi connectivity index (χ0) is 8.97. The maximum atomic E-state index is 5.24. The van der Waals surface area contributed by atoms with Gasteiger partial charge in [-0.25, -0.2) is 9.98 Å². The van der Waals surface area contributed by atoms with Gasteiger partial charge in [0.2, 0.25) is 0 Å². The number of nitrogens with zero attached hydrogens (tertiary/aromatic N) is 2. The van der Waals surface area contributed by atoms with Crippen LogP contribution in [0.4, 0.5) is 0 Å². The summed E-state index contributed by atoms with van der Waals surface area (Å²) < 4.78 is 0. The molecular weight excluding hydrogens is 192 g/mol. The van der Waals surface area contributed by atoms with Crippen LogP contribution in [0.1, 0.15) is 11.7 Å². The molecule has 0 aromatic carbocycles. The minimum Gasteiger partial charge on any atom is -0.370 e. The van der Waals surface area contributed by atoms with E-state index in [0.29, 0.717) is 5.75 Å². The maximum Gasteiger partial charge on any atom is 0.186 e. The number of thiazole rings is 1. The van der Waals surface area contributed by atoms with Gasteiger partial charge in [-0.15, -0.1) is 11.3 Å². The van der Waals surface area contributed by atoms with Gasteiger partial charge in [-0.3, -0.25) is 0 Å². The quantitative estimate of drug-likeness (QED) is 0.377. The van der Waals surface area contributed by atoms with Gasteiger partial charge in [-0.05, 0) is 0 Å². The summed E-state index contributed by atoms with van der Waals surface area (Å²) in [5.74, 6) is 0.629. The van der Waals surface area contributed by atoms with Gasteiger partial charge in [0.1, 0.15) is 6.04 Å². The van der Waals surface area contributed by atoms with Gasteiger partial charge in [0.25, 0.3) is 0 Å². The largest absolute Gasteiger partial charge is 0.370 e. The first-order valence-electron chi connectivity index (χ1n) is 3.31. The topological polar surface area (TPSA) is 77.3 Å². The Morgan fingerprint density at radius 1 is 1.75 bits per heavy atom. The van der Waals surface area contributed by atoms with Crippen molar-refractivity contribution in [3.8, 4) is 0 Å². The van der Waals surface area contributed by atoms with Crippen molar-refractivity contribution in [2.24, 2.45) is 16.5 Å². The van der Waals surface area contributed by atoms with E-state index in [9.17, 15) is 0 Å². The van der Waals surface area contributed by atoms with Crippen molar-refractivity contribution in [3.05, 3.63) is 16.6 Å². The Labute approximate surface area is 80.1 Å². The summed E-state index contributed by atoms with van der Waals surface area (Å²) in [6.07, 6.45) is 0.